The summed E-state index contributed by atoms with van der Waals surface area (Å²) >= 11 is 0. The maximum absolute atomic E-state index is 12.0. The average molecular weight is 955 g/mol. The van der Waals surface area contributed by atoms with Gasteiger partial charge in [-0.25, -0.2) is 0 Å². The van der Waals surface area contributed by atoms with Gasteiger partial charge in [-0.15, -0.1) is 0 Å². The molecule has 0 saturated carbocycles. The van der Waals surface area contributed by atoms with Gasteiger partial charge in [0, 0.05) is 38.5 Å². The van der Waals surface area contributed by atoms with Crippen LogP contribution in [0.2, 0.25) is 0 Å². The Bertz CT molecular complexity index is 2980. The maximum Gasteiger partial charge on any atom is 0.302 e. The van der Waals surface area contributed by atoms with E-state index in [-0.39, 0.29) is 50.3 Å². The molecule has 0 atom stereocenters. The molecule has 0 fully saturated rings. The van der Waals surface area contributed by atoms with Crippen molar-refractivity contribution >= 4 is 67.0 Å². The smallest absolute Gasteiger partial charge is 0.302 e. The first-order chi connectivity index (χ1) is 34.6. The van der Waals surface area contributed by atoms with E-state index in [0.29, 0.717) is 85.9 Å². The highest BCUT2D eigenvalue weighted by Crippen LogP contribution is 2.52. The number of benzene rings is 8. The minimum absolute atomic E-state index is 0.216. The molecular formula is C60H58O11. The van der Waals surface area contributed by atoms with Crippen LogP contribution in [0.25, 0.3) is 43.1 Å². The molecule has 0 aliphatic carbocycles. The Kier molecular flexibility index (Phi) is 16.4. The number of ether oxygens (including phenoxy) is 7. The molecule has 0 radical (unpaired) electrons. The van der Waals surface area contributed by atoms with Crippen molar-refractivity contribution in [2.24, 2.45) is 0 Å². The van der Waals surface area contributed by atoms with Crippen molar-refractivity contribution in [3.63, 3.8) is 0 Å². The van der Waals surface area contributed by atoms with Gasteiger partial charge in [0.15, 0.2) is 23.0 Å². The zero-order chi connectivity index (χ0) is 49.7. The van der Waals surface area contributed by atoms with E-state index >= 15 is 0 Å². The van der Waals surface area contributed by atoms with Crippen molar-refractivity contribution in [3.05, 3.63) is 156 Å². The Morgan fingerprint density at radius 3 is 0.944 bits per heavy atom. The van der Waals surface area contributed by atoms with Crippen LogP contribution in [0.4, 0.5) is 0 Å². The molecule has 364 valence electrons. The molecule has 0 N–H and O–H groups in total. The number of hydrogen-bond acceptors (Lipinski definition) is 11. The Hall–Kier alpha value is -7.92. The van der Waals surface area contributed by atoms with Gasteiger partial charge in [-0.1, -0.05) is 97.1 Å². The lowest BCUT2D eigenvalue weighted by molar-refractivity contribution is -0.142. The largest absolute Gasteiger partial charge is 0.466 e. The van der Waals surface area contributed by atoms with E-state index in [2.05, 4.69) is 36.4 Å². The minimum Gasteiger partial charge on any atom is -0.466 e. The summed E-state index contributed by atoms with van der Waals surface area (Å²) in [5.74, 6) is 1.61. The number of carbonyl (C=O) groups excluding carboxylic acids is 4. The summed E-state index contributed by atoms with van der Waals surface area (Å²) in [6.07, 6.45) is 4.41. The van der Waals surface area contributed by atoms with Crippen molar-refractivity contribution in [2.75, 3.05) is 26.4 Å². The van der Waals surface area contributed by atoms with Gasteiger partial charge in [-0.05, 0) is 142 Å². The van der Waals surface area contributed by atoms with Crippen molar-refractivity contribution < 1.29 is 52.3 Å². The molecule has 71 heavy (non-hydrogen) atoms. The number of para-hydroxylation sites is 2. The molecule has 11 heteroatoms. The second kappa shape index (κ2) is 23.6. The van der Waals surface area contributed by atoms with Gasteiger partial charge in [-0.3, -0.25) is 19.2 Å². The third-order valence-electron chi connectivity index (χ3n) is 12.3. The first-order valence-electron chi connectivity index (χ1n) is 24.2. The van der Waals surface area contributed by atoms with E-state index in [0.717, 1.165) is 65.3 Å². The van der Waals surface area contributed by atoms with E-state index < -0.39 is 0 Å². The molecule has 0 unspecified atom stereocenters. The van der Waals surface area contributed by atoms with Gasteiger partial charge < -0.3 is 33.2 Å². The highest BCUT2D eigenvalue weighted by molar-refractivity contribution is 6.11. The summed E-state index contributed by atoms with van der Waals surface area (Å²) in [4.78, 5) is 47.9. The lowest BCUT2D eigenvalue weighted by Crippen LogP contribution is -2.06. The van der Waals surface area contributed by atoms with Gasteiger partial charge in [0.2, 0.25) is 0 Å². The van der Waals surface area contributed by atoms with Crippen LogP contribution < -0.4 is 14.2 Å². The molecule has 0 aliphatic heterocycles. The zero-order valence-corrected chi connectivity index (χ0v) is 40.7. The molecule has 0 amide bonds. The fourth-order valence-electron chi connectivity index (χ4n) is 9.42. The maximum atomic E-state index is 12.0. The molecule has 8 aromatic rings. The van der Waals surface area contributed by atoms with Crippen molar-refractivity contribution in [2.45, 2.75) is 79.1 Å². The number of esters is 4. The van der Waals surface area contributed by atoms with Crippen molar-refractivity contribution in [1.82, 2.24) is 0 Å². The third kappa shape index (κ3) is 12.1. The fraction of sp³-hybridized carbons (Fsp3) is 0.267. The molecule has 0 bridgehead atoms. The fourth-order valence-corrected chi connectivity index (χ4v) is 9.42. The number of aryl methyl sites for hydroxylation is 4. The Morgan fingerprint density at radius 2 is 0.620 bits per heavy atom. The summed E-state index contributed by atoms with van der Waals surface area (Å²) in [6.45, 7) is 6.58. The van der Waals surface area contributed by atoms with Crippen LogP contribution in [0, 0.1) is 0 Å². The molecule has 11 nitrogen and oxygen atoms in total. The monoisotopic (exact) mass is 954 g/mol. The van der Waals surface area contributed by atoms with Crippen LogP contribution in [0.1, 0.15) is 75.6 Å². The van der Waals surface area contributed by atoms with Crippen LogP contribution in [-0.4, -0.2) is 50.3 Å². The van der Waals surface area contributed by atoms with Crippen LogP contribution in [0.15, 0.2) is 133 Å². The van der Waals surface area contributed by atoms with Crippen LogP contribution >= 0.6 is 0 Å². The molecule has 8 rings (SSSR count). The Balaban J connectivity index is 1.46. The average Bonchev–Trinajstić information content (AvgIpc) is 3.36. The Morgan fingerprint density at radius 1 is 0.324 bits per heavy atom. The number of rotatable bonds is 22. The van der Waals surface area contributed by atoms with Crippen LogP contribution in [-0.2, 0) is 63.8 Å². The predicted molar refractivity (Wildman–Crippen MR) is 276 cm³/mol. The second-order valence-corrected chi connectivity index (χ2v) is 17.3. The van der Waals surface area contributed by atoms with Gasteiger partial charge in [-0.2, -0.15) is 0 Å². The normalized spacial score (nSPS) is 11.2. The number of carbonyl (C=O) groups is 4. The molecule has 0 aromatic heterocycles. The predicted octanol–water partition coefficient (Wildman–Crippen LogP) is 13.7. The summed E-state index contributed by atoms with van der Waals surface area (Å²) in [5.41, 5.74) is 4.05. The highest BCUT2D eigenvalue weighted by atomic mass is 16.6. The molecule has 0 saturated heterocycles. The summed E-state index contributed by atoms with van der Waals surface area (Å²) < 4.78 is 43.4. The van der Waals surface area contributed by atoms with Crippen molar-refractivity contribution in [3.8, 4) is 34.5 Å². The highest BCUT2D eigenvalue weighted by Gasteiger charge is 2.27. The minimum atomic E-state index is -0.353. The second-order valence-electron chi connectivity index (χ2n) is 17.3. The van der Waals surface area contributed by atoms with Gasteiger partial charge >= 0.3 is 23.9 Å². The van der Waals surface area contributed by atoms with Crippen LogP contribution in [0.5, 0.6) is 34.5 Å². The van der Waals surface area contributed by atoms with Crippen molar-refractivity contribution in [1.29, 1.82) is 0 Å². The van der Waals surface area contributed by atoms with Gasteiger partial charge in [0.05, 0.1) is 26.4 Å². The molecule has 0 heterocycles. The lowest BCUT2D eigenvalue weighted by atomic mass is 9.87. The topological polar surface area (TPSA) is 133 Å². The van der Waals surface area contributed by atoms with Gasteiger partial charge in [0.25, 0.3) is 0 Å². The third-order valence-corrected chi connectivity index (χ3v) is 12.3. The van der Waals surface area contributed by atoms with E-state index in [1.807, 2.05) is 97.1 Å². The first-order valence-corrected chi connectivity index (χ1v) is 24.2. The number of hydrogen-bond donors (Lipinski definition) is 0. The molecule has 0 aliphatic rings. The number of fused-ring (bicyclic) bond motifs is 4. The Labute approximate surface area is 413 Å². The van der Waals surface area contributed by atoms with E-state index in [4.69, 9.17) is 33.2 Å². The standard InChI is InChI=1S/C60H58O11/c1-39(61)65-35-15-27-49-45-23-11-13-25-47(45)51(29-17-37-67-41(3)63)57-53(49)31-33-55(69-43-19-7-5-8-20-43)59(57)71-60-56(70-44-21-9-6-10-22-44)34-32-54-50(28-16-36-66-40(2)62)46-24-12-14-26-48(46)52(58(54)60)30-18-38-68-42(4)64/h5-14,19-26,31-34H,15-18,27-30,35-38H2,1-4H3. The van der Waals surface area contributed by atoms with Crippen LogP contribution in [0.3, 0.4) is 0 Å². The summed E-state index contributed by atoms with van der Waals surface area (Å²) in [6, 6.07) is 43.7. The van der Waals surface area contributed by atoms with E-state index in [1.165, 1.54) is 27.7 Å². The molecule has 8 aromatic carbocycles. The summed E-state index contributed by atoms with van der Waals surface area (Å²) in [7, 11) is 0. The summed E-state index contributed by atoms with van der Waals surface area (Å²) in [5, 5.41) is 7.56. The molecular weight excluding hydrogens is 897 g/mol. The SMILES string of the molecule is CC(=O)OCCCc1c2ccccc2c(CCCOC(C)=O)c2c(Oc3c(Oc4ccccc4)ccc4c(CCCOC(C)=O)c5ccccc5c(CCCOC(C)=O)c34)c(Oc3ccccc3)ccc12. The lowest BCUT2D eigenvalue weighted by Gasteiger charge is -2.25. The molecule has 0 spiro atoms. The zero-order valence-electron chi connectivity index (χ0n) is 40.7. The first kappa shape index (κ1) is 49.5. The van der Waals surface area contributed by atoms with Gasteiger partial charge in [0.1, 0.15) is 11.5 Å². The van der Waals surface area contributed by atoms with E-state index in [9.17, 15) is 19.2 Å². The quantitative estimate of drug-likeness (QED) is 0.0278. The van der Waals surface area contributed by atoms with E-state index in [1.54, 1.807) is 0 Å².